The second-order valence-electron chi connectivity index (χ2n) is 8.24. The molecule has 0 N–H and O–H groups in total. The summed E-state index contributed by atoms with van der Waals surface area (Å²) in [5.74, 6) is 0.968. The molecule has 1 aromatic carbocycles. The zero-order valence-corrected chi connectivity index (χ0v) is 14.3. The van der Waals surface area contributed by atoms with Crippen molar-refractivity contribution in [1.29, 1.82) is 0 Å². The molecule has 0 unspecified atom stereocenters. The van der Waals surface area contributed by atoms with Crippen LogP contribution in [0, 0.1) is 11.3 Å². The van der Waals surface area contributed by atoms with Crippen LogP contribution in [0.4, 0.5) is 0 Å². The highest BCUT2D eigenvalue weighted by Crippen LogP contribution is 2.45. The maximum Gasteiger partial charge on any atom is 0.169 e. The van der Waals surface area contributed by atoms with Crippen LogP contribution in [0.5, 0.6) is 0 Å². The van der Waals surface area contributed by atoms with E-state index in [0.717, 1.165) is 24.8 Å². The van der Waals surface area contributed by atoms with Gasteiger partial charge in [0, 0.05) is 11.0 Å². The highest BCUT2D eigenvalue weighted by molar-refractivity contribution is 6.00. The van der Waals surface area contributed by atoms with E-state index in [4.69, 9.17) is 0 Å². The van der Waals surface area contributed by atoms with E-state index < -0.39 is 0 Å². The topological polar surface area (TPSA) is 17.1 Å². The molecule has 1 aliphatic rings. The Hall–Kier alpha value is -1.11. The smallest absolute Gasteiger partial charge is 0.169 e. The van der Waals surface area contributed by atoms with Gasteiger partial charge in [0.2, 0.25) is 0 Å². The van der Waals surface area contributed by atoms with Crippen LogP contribution in [-0.4, -0.2) is 5.78 Å². The van der Waals surface area contributed by atoms with E-state index in [1.807, 2.05) is 12.1 Å². The molecule has 0 radical (unpaired) electrons. The Morgan fingerprint density at radius 3 is 2.05 bits per heavy atom. The van der Waals surface area contributed by atoms with Crippen LogP contribution in [-0.2, 0) is 5.41 Å². The minimum absolute atomic E-state index is 0.0859. The van der Waals surface area contributed by atoms with Gasteiger partial charge in [-0.05, 0) is 36.2 Å². The molecule has 0 aliphatic heterocycles. The third-order valence-corrected chi connectivity index (χ3v) is 4.85. The molecule has 0 amide bonds. The first-order valence-electron chi connectivity index (χ1n) is 8.40. The number of carbonyl (C=O) groups excluding carboxylic acids is 1. The number of ketones is 1. The fraction of sp³-hybridized carbons (Fsp3) is 0.650. The van der Waals surface area contributed by atoms with Gasteiger partial charge in [0.05, 0.1) is 0 Å². The second-order valence-corrected chi connectivity index (χ2v) is 8.24. The maximum absolute atomic E-state index is 13.1. The van der Waals surface area contributed by atoms with Gasteiger partial charge in [-0.3, -0.25) is 4.79 Å². The number of hydrogen-bond donors (Lipinski definition) is 0. The SMILES string of the molecule is CC(C)CC1(C(=O)c2ccc(C(C)(C)C)cc2)CCCC1. The molecule has 1 aromatic rings. The summed E-state index contributed by atoms with van der Waals surface area (Å²) in [6.45, 7) is 11.1. The fourth-order valence-corrected chi connectivity index (χ4v) is 3.78. The summed E-state index contributed by atoms with van der Waals surface area (Å²) < 4.78 is 0. The molecule has 1 heteroatoms. The molecule has 0 bridgehead atoms. The van der Waals surface area contributed by atoms with Crippen molar-refractivity contribution in [2.75, 3.05) is 0 Å². The Balaban J connectivity index is 2.25. The zero-order valence-electron chi connectivity index (χ0n) is 14.3. The van der Waals surface area contributed by atoms with Gasteiger partial charge in [0.25, 0.3) is 0 Å². The van der Waals surface area contributed by atoms with Crippen molar-refractivity contribution in [2.45, 2.75) is 72.1 Å². The molecule has 0 atom stereocenters. The van der Waals surface area contributed by atoms with Gasteiger partial charge in [-0.15, -0.1) is 0 Å². The molecular formula is C20H30O. The lowest BCUT2D eigenvalue weighted by molar-refractivity contribution is 0.0760. The summed E-state index contributed by atoms with van der Waals surface area (Å²) in [4.78, 5) is 13.1. The van der Waals surface area contributed by atoms with E-state index in [2.05, 4.69) is 46.8 Å². The normalized spacial score (nSPS) is 18.2. The van der Waals surface area contributed by atoms with Crippen molar-refractivity contribution < 1.29 is 4.79 Å². The summed E-state index contributed by atoms with van der Waals surface area (Å²) in [6, 6.07) is 8.35. The first kappa shape index (κ1) is 16.3. The monoisotopic (exact) mass is 286 g/mol. The Morgan fingerprint density at radius 2 is 1.62 bits per heavy atom. The van der Waals surface area contributed by atoms with Crippen LogP contribution in [0.2, 0.25) is 0 Å². The van der Waals surface area contributed by atoms with Crippen LogP contribution >= 0.6 is 0 Å². The Morgan fingerprint density at radius 1 is 1.10 bits per heavy atom. The summed E-state index contributed by atoms with van der Waals surface area (Å²) in [5.41, 5.74) is 2.26. The summed E-state index contributed by atoms with van der Waals surface area (Å²) in [7, 11) is 0. The highest BCUT2D eigenvalue weighted by Gasteiger charge is 2.41. The predicted molar refractivity (Wildman–Crippen MR) is 89.8 cm³/mol. The molecule has 1 saturated carbocycles. The Kier molecular flexibility index (Phi) is 4.60. The van der Waals surface area contributed by atoms with Crippen molar-refractivity contribution in [1.82, 2.24) is 0 Å². The van der Waals surface area contributed by atoms with Gasteiger partial charge in [-0.2, -0.15) is 0 Å². The minimum atomic E-state index is -0.0859. The van der Waals surface area contributed by atoms with E-state index in [1.54, 1.807) is 0 Å². The number of rotatable bonds is 4. The first-order valence-corrected chi connectivity index (χ1v) is 8.40. The van der Waals surface area contributed by atoms with Crippen LogP contribution < -0.4 is 0 Å². The summed E-state index contributed by atoms with van der Waals surface area (Å²) in [5, 5.41) is 0. The molecule has 0 heterocycles. The van der Waals surface area contributed by atoms with Crippen LogP contribution in [0.1, 0.15) is 82.6 Å². The predicted octanol–water partition coefficient (Wildman–Crippen LogP) is 5.77. The molecule has 0 saturated heterocycles. The molecule has 21 heavy (non-hydrogen) atoms. The molecule has 0 spiro atoms. The van der Waals surface area contributed by atoms with Crippen molar-refractivity contribution in [2.24, 2.45) is 11.3 Å². The van der Waals surface area contributed by atoms with E-state index >= 15 is 0 Å². The zero-order chi connectivity index (χ0) is 15.7. The van der Waals surface area contributed by atoms with Gasteiger partial charge in [0.1, 0.15) is 0 Å². The molecule has 1 aliphatic carbocycles. The first-order chi connectivity index (χ1) is 9.74. The largest absolute Gasteiger partial charge is 0.294 e. The minimum Gasteiger partial charge on any atom is -0.294 e. The van der Waals surface area contributed by atoms with Crippen molar-refractivity contribution in [3.8, 4) is 0 Å². The van der Waals surface area contributed by atoms with Gasteiger partial charge < -0.3 is 0 Å². The molecule has 116 valence electrons. The van der Waals surface area contributed by atoms with Crippen molar-refractivity contribution >= 4 is 5.78 Å². The average molecular weight is 286 g/mol. The van der Waals surface area contributed by atoms with Crippen LogP contribution in [0.15, 0.2) is 24.3 Å². The fourth-order valence-electron chi connectivity index (χ4n) is 3.78. The number of carbonyl (C=O) groups is 1. The van der Waals surface area contributed by atoms with Gasteiger partial charge in [0.15, 0.2) is 5.78 Å². The molecular weight excluding hydrogens is 256 g/mol. The average Bonchev–Trinajstić information content (AvgIpc) is 2.86. The van der Waals surface area contributed by atoms with E-state index in [0.29, 0.717) is 11.7 Å². The lowest BCUT2D eigenvalue weighted by atomic mass is 9.73. The van der Waals surface area contributed by atoms with Crippen LogP contribution in [0.25, 0.3) is 0 Å². The molecule has 2 rings (SSSR count). The lowest BCUT2D eigenvalue weighted by Crippen LogP contribution is -2.30. The molecule has 0 aromatic heterocycles. The van der Waals surface area contributed by atoms with Crippen molar-refractivity contribution in [3.05, 3.63) is 35.4 Å². The molecule has 1 nitrogen and oxygen atoms in total. The summed E-state index contributed by atoms with van der Waals surface area (Å²) >= 11 is 0. The van der Waals surface area contributed by atoms with Gasteiger partial charge >= 0.3 is 0 Å². The van der Waals surface area contributed by atoms with E-state index in [-0.39, 0.29) is 10.8 Å². The van der Waals surface area contributed by atoms with E-state index in [1.165, 1.54) is 18.4 Å². The quantitative estimate of drug-likeness (QED) is 0.642. The van der Waals surface area contributed by atoms with Gasteiger partial charge in [-0.25, -0.2) is 0 Å². The Labute approximate surface area is 130 Å². The number of Topliss-reactive ketones (excluding diaryl/α,β-unsaturated/α-hetero) is 1. The number of benzene rings is 1. The van der Waals surface area contributed by atoms with Gasteiger partial charge in [-0.1, -0.05) is 71.7 Å². The standard InChI is InChI=1S/C20H30O/c1-15(2)14-20(12-6-7-13-20)18(21)16-8-10-17(11-9-16)19(3,4)5/h8-11,15H,6-7,12-14H2,1-5H3. The maximum atomic E-state index is 13.1. The number of hydrogen-bond acceptors (Lipinski definition) is 1. The summed E-state index contributed by atoms with van der Waals surface area (Å²) in [6.07, 6.45) is 5.60. The third kappa shape index (κ3) is 3.56. The molecule has 1 fully saturated rings. The highest BCUT2D eigenvalue weighted by atomic mass is 16.1. The lowest BCUT2D eigenvalue weighted by Gasteiger charge is -2.29. The van der Waals surface area contributed by atoms with E-state index in [9.17, 15) is 4.79 Å². The van der Waals surface area contributed by atoms with Crippen molar-refractivity contribution in [3.63, 3.8) is 0 Å². The second kappa shape index (κ2) is 5.94. The van der Waals surface area contributed by atoms with Crippen LogP contribution in [0.3, 0.4) is 0 Å². The Bertz CT molecular complexity index is 482. The third-order valence-electron chi connectivity index (χ3n) is 4.85.